The van der Waals surface area contributed by atoms with Crippen LogP contribution in [0.15, 0.2) is 18.2 Å². The number of hydrogen-bond donors (Lipinski definition) is 2. The van der Waals surface area contributed by atoms with E-state index >= 15 is 0 Å². The van der Waals surface area contributed by atoms with Crippen LogP contribution >= 0.6 is 0 Å². The maximum absolute atomic E-state index is 10.8. The lowest BCUT2D eigenvalue weighted by Gasteiger charge is -2.25. The third-order valence-electron chi connectivity index (χ3n) is 3.11. The first-order valence-corrected chi connectivity index (χ1v) is 5.58. The molecule has 86 valence electrons. The van der Waals surface area contributed by atoms with Crippen molar-refractivity contribution in [2.75, 3.05) is 5.32 Å². The highest BCUT2D eigenvalue weighted by atomic mass is 16.4. The summed E-state index contributed by atoms with van der Waals surface area (Å²) in [4.78, 5) is 14.9. The van der Waals surface area contributed by atoms with Crippen molar-refractivity contribution in [3.8, 4) is 0 Å². The van der Waals surface area contributed by atoms with E-state index in [4.69, 9.17) is 5.11 Å². The number of hydrogen-bond acceptors (Lipinski definition) is 3. The molecule has 0 aliphatic heterocycles. The first-order valence-electron chi connectivity index (χ1n) is 5.58. The van der Waals surface area contributed by atoms with E-state index in [0.29, 0.717) is 5.82 Å². The third-order valence-corrected chi connectivity index (χ3v) is 3.11. The number of anilines is 1. The Morgan fingerprint density at radius 3 is 2.75 bits per heavy atom. The Balaban J connectivity index is 2.15. The zero-order valence-electron chi connectivity index (χ0n) is 9.36. The summed E-state index contributed by atoms with van der Waals surface area (Å²) in [5, 5.41) is 12.2. The van der Waals surface area contributed by atoms with Gasteiger partial charge in [-0.3, -0.25) is 0 Å². The van der Waals surface area contributed by atoms with Gasteiger partial charge in [0.05, 0.1) is 0 Å². The molecule has 1 fully saturated rings. The number of carboxylic acids is 1. The molecule has 0 spiro atoms. The minimum atomic E-state index is -0.986. The zero-order valence-corrected chi connectivity index (χ0v) is 9.36. The molecule has 0 saturated heterocycles. The Hall–Kier alpha value is -1.58. The number of aromatic carboxylic acids is 1. The van der Waals surface area contributed by atoms with E-state index in [1.807, 2.05) is 6.07 Å². The van der Waals surface area contributed by atoms with Crippen LogP contribution in [0.2, 0.25) is 0 Å². The molecule has 1 aromatic rings. The molecule has 0 bridgehead atoms. The molecule has 2 N–H and O–H groups in total. The second kappa shape index (κ2) is 4.12. The van der Waals surface area contributed by atoms with E-state index in [1.165, 1.54) is 18.9 Å². The van der Waals surface area contributed by atoms with Gasteiger partial charge >= 0.3 is 5.97 Å². The molecule has 2 rings (SSSR count). The molecule has 1 saturated carbocycles. The monoisotopic (exact) mass is 220 g/mol. The van der Waals surface area contributed by atoms with Crippen LogP contribution < -0.4 is 5.32 Å². The maximum Gasteiger partial charge on any atom is 0.354 e. The molecule has 16 heavy (non-hydrogen) atoms. The van der Waals surface area contributed by atoms with Crippen LogP contribution in [0.25, 0.3) is 0 Å². The first kappa shape index (κ1) is 10.9. The lowest BCUT2D eigenvalue weighted by molar-refractivity contribution is 0.0690. The van der Waals surface area contributed by atoms with Gasteiger partial charge in [0, 0.05) is 5.54 Å². The summed E-state index contributed by atoms with van der Waals surface area (Å²) >= 11 is 0. The Morgan fingerprint density at radius 1 is 1.44 bits per heavy atom. The minimum absolute atomic E-state index is 0.0735. The third kappa shape index (κ3) is 2.32. The normalized spacial score (nSPS) is 18.3. The second-order valence-corrected chi connectivity index (χ2v) is 4.61. The largest absolute Gasteiger partial charge is 0.477 e. The summed E-state index contributed by atoms with van der Waals surface area (Å²) < 4.78 is 0. The number of rotatable bonds is 3. The number of aromatic nitrogens is 1. The fourth-order valence-corrected chi connectivity index (χ4v) is 2.21. The molecule has 1 aliphatic carbocycles. The zero-order chi connectivity index (χ0) is 11.6. The lowest BCUT2D eigenvalue weighted by atomic mass is 10.0. The van der Waals surface area contributed by atoms with Crippen molar-refractivity contribution < 1.29 is 9.90 Å². The number of carboxylic acid groups (broad SMARTS) is 1. The minimum Gasteiger partial charge on any atom is -0.477 e. The fraction of sp³-hybridized carbons (Fsp3) is 0.500. The van der Waals surface area contributed by atoms with Gasteiger partial charge < -0.3 is 10.4 Å². The standard InChI is InChI=1S/C12H16N2O2/c1-12(7-2-3-8-12)14-10-6-4-5-9(13-10)11(15)16/h4-6H,2-3,7-8H2,1H3,(H,13,14)(H,15,16). The molecule has 0 amide bonds. The topological polar surface area (TPSA) is 62.2 Å². The van der Waals surface area contributed by atoms with E-state index in [9.17, 15) is 4.79 Å². The van der Waals surface area contributed by atoms with Gasteiger partial charge in [0.15, 0.2) is 5.69 Å². The van der Waals surface area contributed by atoms with E-state index in [0.717, 1.165) is 12.8 Å². The Morgan fingerprint density at radius 2 is 2.12 bits per heavy atom. The predicted molar refractivity (Wildman–Crippen MR) is 61.7 cm³/mol. The SMILES string of the molecule is CC1(Nc2cccc(C(=O)O)n2)CCCC1. The van der Waals surface area contributed by atoms with Gasteiger partial charge in [-0.15, -0.1) is 0 Å². The van der Waals surface area contributed by atoms with Gasteiger partial charge in [-0.2, -0.15) is 0 Å². The van der Waals surface area contributed by atoms with Crippen molar-refractivity contribution >= 4 is 11.8 Å². The molecule has 1 aromatic heterocycles. The Kier molecular flexibility index (Phi) is 2.81. The highest BCUT2D eigenvalue weighted by Crippen LogP contribution is 2.31. The van der Waals surface area contributed by atoms with Crippen molar-refractivity contribution in [2.45, 2.75) is 38.1 Å². The molecule has 0 aromatic carbocycles. The van der Waals surface area contributed by atoms with Crippen LogP contribution in [0.5, 0.6) is 0 Å². The Labute approximate surface area is 94.7 Å². The predicted octanol–water partition coefficient (Wildman–Crippen LogP) is 2.52. The van der Waals surface area contributed by atoms with Crippen LogP contribution in [-0.2, 0) is 0 Å². The fourth-order valence-electron chi connectivity index (χ4n) is 2.21. The molecule has 0 atom stereocenters. The summed E-state index contributed by atoms with van der Waals surface area (Å²) in [6, 6.07) is 5.04. The van der Waals surface area contributed by atoms with Crippen LogP contribution in [0.4, 0.5) is 5.82 Å². The van der Waals surface area contributed by atoms with Gasteiger partial charge in [0.1, 0.15) is 5.82 Å². The van der Waals surface area contributed by atoms with Crippen molar-refractivity contribution in [1.29, 1.82) is 0 Å². The molecule has 1 heterocycles. The van der Waals surface area contributed by atoms with Gasteiger partial charge in [0.2, 0.25) is 0 Å². The number of carbonyl (C=O) groups is 1. The average Bonchev–Trinajstić information content (AvgIpc) is 2.65. The molecule has 4 heteroatoms. The Bertz CT molecular complexity index is 398. The summed E-state index contributed by atoms with van der Waals surface area (Å²) in [5.74, 6) is -0.329. The summed E-state index contributed by atoms with van der Waals surface area (Å²) in [6.45, 7) is 2.16. The summed E-state index contributed by atoms with van der Waals surface area (Å²) in [7, 11) is 0. The van der Waals surface area contributed by atoms with Crippen LogP contribution in [0.3, 0.4) is 0 Å². The quantitative estimate of drug-likeness (QED) is 0.821. The van der Waals surface area contributed by atoms with Crippen molar-refractivity contribution in [2.24, 2.45) is 0 Å². The molecule has 0 unspecified atom stereocenters. The maximum atomic E-state index is 10.8. The van der Waals surface area contributed by atoms with Gasteiger partial charge in [0.25, 0.3) is 0 Å². The van der Waals surface area contributed by atoms with E-state index in [-0.39, 0.29) is 11.2 Å². The van der Waals surface area contributed by atoms with Crippen molar-refractivity contribution in [1.82, 2.24) is 4.98 Å². The van der Waals surface area contributed by atoms with Crippen LogP contribution in [0.1, 0.15) is 43.1 Å². The van der Waals surface area contributed by atoms with Gasteiger partial charge in [-0.25, -0.2) is 9.78 Å². The summed E-state index contributed by atoms with van der Waals surface area (Å²) in [6.07, 6.45) is 4.68. The number of nitrogens with one attached hydrogen (secondary N) is 1. The molecule has 4 nitrogen and oxygen atoms in total. The van der Waals surface area contributed by atoms with Crippen molar-refractivity contribution in [3.05, 3.63) is 23.9 Å². The lowest BCUT2D eigenvalue weighted by Crippen LogP contribution is -2.31. The molecular weight excluding hydrogens is 204 g/mol. The first-order chi connectivity index (χ1) is 7.59. The van der Waals surface area contributed by atoms with Gasteiger partial charge in [-0.05, 0) is 31.9 Å². The average molecular weight is 220 g/mol. The molecule has 1 aliphatic rings. The highest BCUT2D eigenvalue weighted by Gasteiger charge is 2.28. The molecule has 0 radical (unpaired) electrons. The van der Waals surface area contributed by atoms with Crippen LogP contribution in [0, 0.1) is 0 Å². The smallest absolute Gasteiger partial charge is 0.354 e. The summed E-state index contributed by atoms with van der Waals surface area (Å²) in [5.41, 5.74) is 0.163. The highest BCUT2D eigenvalue weighted by molar-refractivity contribution is 5.85. The number of nitrogens with zero attached hydrogens (tertiary/aromatic N) is 1. The van der Waals surface area contributed by atoms with E-state index < -0.39 is 5.97 Å². The van der Waals surface area contributed by atoms with Crippen LogP contribution in [-0.4, -0.2) is 21.6 Å². The number of pyridine rings is 1. The second-order valence-electron chi connectivity index (χ2n) is 4.61. The van der Waals surface area contributed by atoms with Gasteiger partial charge in [-0.1, -0.05) is 18.9 Å². The molecular formula is C12H16N2O2. The van der Waals surface area contributed by atoms with E-state index in [2.05, 4.69) is 17.2 Å². The van der Waals surface area contributed by atoms with E-state index in [1.54, 1.807) is 6.07 Å². The van der Waals surface area contributed by atoms with Crippen molar-refractivity contribution in [3.63, 3.8) is 0 Å².